The summed E-state index contributed by atoms with van der Waals surface area (Å²) in [5.74, 6) is 0.608. The molecule has 1 aromatic carbocycles. The minimum Gasteiger partial charge on any atom is -0.389 e. The summed E-state index contributed by atoms with van der Waals surface area (Å²) in [5, 5.41) is 0. The van der Waals surface area contributed by atoms with E-state index in [4.69, 9.17) is 4.18 Å². The zero-order valence-corrected chi connectivity index (χ0v) is 7.64. The number of para-hydroxylation sites is 1. The molecule has 0 aromatic heterocycles. The van der Waals surface area contributed by atoms with Gasteiger partial charge in [-0.25, -0.2) is 4.72 Å². The Balaban J connectivity index is 2.47. The van der Waals surface area contributed by atoms with Gasteiger partial charge in [0.15, 0.2) is 0 Å². The monoisotopic (exact) mass is 185 g/mol. The van der Waals surface area contributed by atoms with Crippen LogP contribution in [0.1, 0.15) is 6.92 Å². The Morgan fingerprint density at radius 3 is 2.67 bits per heavy atom. The van der Waals surface area contributed by atoms with E-state index in [-0.39, 0.29) is 0 Å². The fraction of sp³-hybridized carbons (Fsp3) is 0.250. The number of hydrogen-bond donors (Lipinski definition) is 1. The normalized spacial score (nSPS) is 12.4. The van der Waals surface area contributed by atoms with E-state index in [0.29, 0.717) is 12.3 Å². The summed E-state index contributed by atoms with van der Waals surface area (Å²) in [7, 11) is 0. The van der Waals surface area contributed by atoms with Gasteiger partial charge in [-0.2, -0.15) is 4.21 Å². The van der Waals surface area contributed by atoms with Crippen LogP contribution in [0.5, 0.6) is 5.75 Å². The lowest BCUT2D eigenvalue weighted by molar-refractivity contribution is 0.550. The highest BCUT2D eigenvalue weighted by molar-refractivity contribution is 7.78. The van der Waals surface area contributed by atoms with Crippen molar-refractivity contribution in [2.75, 3.05) is 6.54 Å². The molecule has 1 N–H and O–H groups in total. The molecule has 0 saturated heterocycles. The van der Waals surface area contributed by atoms with Gasteiger partial charge in [-0.05, 0) is 12.1 Å². The second-order valence-electron chi connectivity index (χ2n) is 2.13. The molecule has 0 radical (unpaired) electrons. The van der Waals surface area contributed by atoms with E-state index < -0.39 is 11.3 Å². The van der Waals surface area contributed by atoms with Gasteiger partial charge in [0.05, 0.1) is 0 Å². The lowest BCUT2D eigenvalue weighted by Crippen LogP contribution is -2.20. The van der Waals surface area contributed by atoms with Gasteiger partial charge in [-0.3, -0.25) is 0 Å². The zero-order valence-electron chi connectivity index (χ0n) is 6.82. The van der Waals surface area contributed by atoms with Crippen LogP contribution in [0, 0.1) is 0 Å². The highest BCUT2D eigenvalue weighted by Gasteiger charge is 1.97. The molecule has 12 heavy (non-hydrogen) atoms. The molecule has 0 saturated carbocycles. The van der Waals surface area contributed by atoms with Crippen molar-refractivity contribution >= 4 is 11.3 Å². The Morgan fingerprint density at radius 2 is 2.08 bits per heavy atom. The standard InChI is InChI=1S/C8H11NO2S/c1-2-9-12(10)11-8-6-4-3-5-7-8/h3-7,9H,2H2,1H3. The lowest BCUT2D eigenvalue weighted by Gasteiger charge is -2.02. The molecule has 0 amide bonds. The Labute approximate surface area is 74.5 Å². The Morgan fingerprint density at radius 1 is 1.42 bits per heavy atom. The van der Waals surface area contributed by atoms with Crippen LogP contribution in [0.4, 0.5) is 0 Å². The van der Waals surface area contributed by atoms with E-state index in [9.17, 15) is 4.21 Å². The second kappa shape index (κ2) is 4.90. The molecule has 1 atom stereocenters. The average molecular weight is 185 g/mol. The van der Waals surface area contributed by atoms with Crippen LogP contribution >= 0.6 is 0 Å². The molecule has 3 nitrogen and oxygen atoms in total. The molecule has 0 fully saturated rings. The molecule has 66 valence electrons. The fourth-order valence-electron chi connectivity index (χ4n) is 0.711. The summed E-state index contributed by atoms with van der Waals surface area (Å²) in [4.78, 5) is 0. The summed E-state index contributed by atoms with van der Waals surface area (Å²) in [6, 6.07) is 9.06. The van der Waals surface area contributed by atoms with Crippen LogP contribution in [0.2, 0.25) is 0 Å². The third kappa shape index (κ3) is 3.02. The summed E-state index contributed by atoms with van der Waals surface area (Å²) in [6.07, 6.45) is 0. The van der Waals surface area contributed by atoms with E-state index >= 15 is 0 Å². The Bertz CT molecular complexity index is 250. The largest absolute Gasteiger partial charge is 0.389 e. The van der Waals surface area contributed by atoms with Crippen molar-refractivity contribution < 1.29 is 8.39 Å². The molecule has 0 aliphatic rings. The van der Waals surface area contributed by atoms with Crippen LogP contribution in [0.15, 0.2) is 30.3 Å². The first-order valence-corrected chi connectivity index (χ1v) is 4.79. The maximum Gasteiger partial charge on any atom is 0.287 e. The summed E-state index contributed by atoms with van der Waals surface area (Å²) in [5.41, 5.74) is 0. The minimum atomic E-state index is -1.42. The molecule has 4 heteroatoms. The van der Waals surface area contributed by atoms with Crippen molar-refractivity contribution in [1.82, 2.24) is 4.72 Å². The molecular weight excluding hydrogens is 174 g/mol. The SMILES string of the molecule is CCNS(=O)Oc1ccccc1. The molecule has 1 aromatic rings. The van der Waals surface area contributed by atoms with Crippen molar-refractivity contribution in [2.24, 2.45) is 0 Å². The third-order valence-corrected chi connectivity index (χ3v) is 2.05. The lowest BCUT2D eigenvalue weighted by atomic mass is 10.3. The van der Waals surface area contributed by atoms with E-state index in [2.05, 4.69) is 4.72 Å². The van der Waals surface area contributed by atoms with Gasteiger partial charge < -0.3 is 4.18 Å². The van der Waals surface area contributed by atoms with Crippen LogP contribution in [-0.2, 0) is 11.3 Å². The van der Waals surface area contributed by atoms with Gasteiger partial charge >= 0.3 is 0 Å². The highest BCUT2D eigenvalue weighted by atomic mass is 32.2. The first-order valence-electron chi connectivity index (χ1n) is 3.71. The maximum absolute atomic E-state index is 11.0. The van der Waals surface area contributed by atoms with Crippen molar-refractivity contribution in [3.63, 3.8) is 0 Å². The topological polar surface area (TPSA) is 38.3 Å². The molecule has 1 unspecified atom stereocenters. The fourth-order valence-corrected chi connectivity index (χ4v) is 1.29. The van der Waals surface area contributed by atoms with Crippen LogP contribution in [0.25, 0.3) is 0 Å². The summed E-state index contributed by atoms with van der Waals surface area (Å²) in [6.45, 7) is 2.49. The number of hydrogen-bond acceptors (Lipinski definition) is 2. The van der Waals surface area contributed by atoms with Crippen molar-refractivity contribution in [3.8, 4) is 5.75 Å². The quantitative estimate of drug-likeness (QED) is 0.766. The smallest absolute Gasteiger partial charge is 0.287 e. The first-order chi connectivity index (χ1) is 5.83. The third-order valence-electron chi connectivity index (χ3n) is 1.18. The van der Waals surface area contributed by atoms with Crippen LogP contribution in [-0.4, -0.2) is 10.8 Å². The van der Waals surface area contributed by atoms with Crippen LogP contribution in [0.3, 0.4) is 0 Å². The van der Waals surface area contributed by atoms with Crippen LogP contribution < -0.4 is 8.91 Å². The van der Waals surface area contributed by atoms with Gasteiger partial charge in [-0.1, -0.05) is 25.1 Å². The number of nitrogens with one attached hydrogen (secondary N) is 1. The van der Waals surface area contributed by atoms with Crippen molar-refractivity contribution in [2.45, 2.75) is 6.92 Å². The molecule has 0 spiro atoms. The molecule has 0 heterocycles. The minimum absolute atomic E-state index is 0.608. The van der Waals surface area contributed by atoms with Crippen molar-refractivity contribution in [1.29, 1.82) is 0 Å². The van der Waals surface area contributed by atoms with Gasteiger partial charge in [-0.15, -0.1) is 0 Å². The predicted octanol–water partition coefficient (Wildman–Crippen LogP) is 1.25. The van der Waals surface area contributed by atoms with Gasteiger partial charge in [0, 0.05) is 6.54 Å². The average Bonchev–Trinajstić information content (AvgIpc) is 2.06. The van der Waals surface area contributed by atoms with Crippen molar-refractivity contribution in [3.05, 3.63) is 30.3 Å². The van der Waals surface area contributed by atoms with Gasteiger partial charge in [0.2, 0.25) is 0 Å². The summed E-state index contributed by atoms with van der Waals surface area (Å²) >= 11 is -1.42. The number of rotatable bonds is 4. The molecular formula is C8H11NO2S. The molecule has 1 rings (SSSR count). The molecule has 0 aliphatic heterocycles. The van der Waals surface area contributed by atoms with Gasteiger partial charge in [0.25, 0.3) is 11.3 Å². The van der Waals surface area contributed by atoms with E-state index in [1.807, 2.05) is 25.1 Å². The summed E-state index contributed by atoms with van der Waals surface area (Å²) < 4.78 is 18.7. The highest BCUT2D eigenvalue weighted by Crippen LogP contribution is 2.08. The van der Waals surface area contributed by atoms with E-state index in [1.165, 1.54) is 0 Å². The maximum atomic E-state index is 11.0. The van der Waals surface area contributed by atoms with E-state index in [0.717, 1.165) is 0 Å². The van der Waals surface area contributed by atoms with E-state index in [1.54, 1.807) is 12.1 Å². The molecule has 0 aliphatic carbocycles. The predicted molar refractivity (Wildman–Crippen MR) is 48.9 cm³/mol. The number of benzene rings is 1. The molecule has 0 bridgehead atoms. The second-order valence-corrected chi connectivity index (χ2v) is 3.05. The first kappa shape index (κ1) is 9.22. The zero-order chi connectivity index (χ0) is 8.81. The Kier molecular flexibility index (Phi) is 3.76. The Hall–Kier alpha value is -0.870. The van der Waals surface area contributed by atoms with Gasteiger partial charge in [0.1, 0.15) is 5.75 Å².